The van der Waals surface area contributed by atoms with Crippen molar-refractivity contribution < 1.29 is 17.9 Å². The van der Waals surface area contributed by atoms with E-state index in [9.17, 15) is 13.2 Å². The maximum absolute atomic E-state index is 13.2. The molecular weight excluding hydrogens is 472 g/mol. The van der Waals surface area contributed by atoms with Gasteiger partial charge in [-0.25, -0.2) is 8.42 Å². The van der Waals surface area contributed by atoms with Gasteiger partial charge in [0, 0.05) is 18.8 Å². The minimum absolute atomic E-state index is 0.104. The Kier molecular flexibility index (Phi) is 6.11. The number of methoxy groups -OCH3 is 1. The van der Waals surface area contributed by atoms with Gasteiger partial charge in [0.1, 0.15) is 5.75 Å². The highest BCUT2D eigenvalue weighted by Crippen LogP contribution is 2.60. The molecule has 1 heterocycles. The molecule has 4 aliphatic carbocycles. The van der Waals surface area contributed by atoms with E-state index in [1.165, 1.54) is 48.4 Å². The second kappa shape index (κ2) is 9.18. The Balaban J connectivity index is 1.11. The minimum atomic E-state index is -3.66. The van der Waals surface area contributed by atoms with E-state index < -0.39 is 10.0 Å². The Labute approximate surface area is 214 Å². The van der Waals surface area contributed by atoms with Crippen molar-refractivity contribution in [3.05, 3.63) is 54.1 Å². The van der Waals surface area contributed by atoms with Gasteiger partial charge in [-0.3, -0.25) is 4.79 Å². The quantitative estimate of drug-likeness (QED) is 0.582. The van der Waals surface area contributed by atoms with Gasteiger partial charge in [0.05, 0.1) is 17.9 Å². The molecule has 1 saturated heterocycles. The number of rotatable bonds is 6. The molecule has 4 saturated carbocycles. The second-order valence-corrected chi connectivity index (χ2v) is 13.6. The molecule has 1 aliphatic heterocycles. The van der Waals surface area contributed by atoms with Crippen LogP contribution in [0.5, 0.6) is 5.75 Å². The number of ether oxygens (including phenoxy) is 1. The van der Waals surface area contributed by atoms with Crippen molar-refractivity contribution in [2.24, 2.45) is 23.7 Å². The summed E-state index contributed by atoms with van der Waals surface area (Å²) in [6.07, 6.45) is 9.62. The van der Waals surface area contributed by atoms with Crippen LogP contribution in [0, 0.1) is 23.7 Å². The number of piperidine rings is 1. The second-order valence-electron chi connectivity index (χ2n) is 11.6. The maximum Gasteiger partial charge on any atom is 0.243 e. The summed E-state index contributed by atoms with van der Waals surface area (Å²) in [5.74, 6) is 2.85. The van der Waals surface area contributed by atoms with E-state index in [0.29, 0.717) is 30.6 Å². The lowest BCUT2D eigenvalue weighted by molar-refractivity contribution is -0.120. The summed E-state index contributed by atoms with van der Waals surface area (Å²) in [5.41, 5.74) is 2.58. The van der Waals surface area contributed by atoms with Crippen LogP contribution in [0.25, 0.3) is 0 Å². The molecule has 0 aromatic heterocycles. The molecule has 192 valence electrons. The summed E-state index contributed by atoms with van der Waals surface area (Å²) in [4.78, 5) is 13.3. The van der Waals surface area contributed by atoms with Gasteiger partial charge in [-0.15, -0.1) is 0 Å². The third-order valence-electron chi connectivity index (χ3n) is 9.26. The van der Waals surface area contributed by atoms with Crippen molar-refractivity contribution in [1.82, 2.24) is 4.31 Å². The molecule has 2 aromatic carbocycles. The number of amides is 1. The zero-order valence-corrected chi connectivity index (χ0v) is 21.8. The van der Waals surface area contributed by atoms with E-state index in [2.05, 4.69) is 17.4 Å². The molecule has 5 aliphatic rings. The summed E-state index contributed by atoms with van der Waals surface area (Å²) in [6, 6.07) is 14.9. The smallest absolute Gasteiger partial charge is 0.243 e. The predicted molar refractivity (Wildman–Crippen MR) is 139 cm³/mol. The molecule has 4 bridgehead atoms. The van der Waals surface area contributed by atoms with E-state index in [1.54, 1.807) is 31.4 Å². The van der Waals surface area contributed by atoms with Crippen LogP contribution in [0.3, 0.4) is 0 Å². The van der Waals surface area contributed by atoms with Crippen molar-refractivity contribution in [3.8, 4) is 5.75 Å². The Hall–Kier alpha value is -2.38. The number of nitrogens with one attached hydrogen (secondary N) is 1. The van der Waals surface area contributed by atoms with Gasteiger partial charge in [-0.2, -0.15) is 4.31 Å². The zero-order chi connectivity index (χ0) is 24.9. The first-order valence-electron chi connectivity index (χ1n) is 13.4. The molecule has 1 N–H and O–H groups in total. The first kappa shape index (κ1) is 24.0. The Morgan fingerprint density at radius 1 is 0.944 bits per heavy atom. The molecule has 1 amide bonds. The number of benzene rings is 2. The molecule has 1 unspecified atom stereocenters. The van der Waals surface area contributed by atoms with Crippen LogP contribution in [-0.4, -0.2) is 38.8 Å². The van der Waals surface area contributed by atoms with Crippen molar-refractivity contribution in [2.45, 2.75) is 61.7 Å². The fourth-order valence-corrected chi connectivity index (χ4v) is 9.41. The van der Waals surface area contributed by atoms with Gasteiger partial charge in [-0.05, 0) is 116 Å². The lowest BCUT2D eigenvalue weighted by atomic mass is 9.48. The molecule has 0 radical (unpaired) electrons. The molecule has 1 atom stereocenters. The van der Waals surface area contributed by atoms with Crippen LogP contribution in [-0.2, 0) is 20.2 Å². The Morgan fingerprint density at radius 3 is 2.14 bits per heavy atom. The van der Waals surface area contributed by atoms with E-state index in [0.717, 1.165) is 23.4 Å². The highest BCUT2D eigenvalue weighted by molar-refractivity contribution is 7.89. The summed E-state index contributed by atoms with van der Waals surface area (Å²) in [7, 11) is -2.11. The lowest BCUT2D eigenvalue weighted by Gasteiger charge is -2.57. The van der Waals surface area contributed by atoms with Crippen LogP contribution in [0.2, 0.25) is 0 Å². The predicted octanol–water partition coefficient (Wildman–Crippen LogP) is 5.20. The van der Waals surface area contributed by atoms with E-state index in [4.69, 9.17) is 4.74 Å². The average Bonchev–Trinajstić information content (AvgIpc) is 2.88. The lowest BCUT2D eigenvalue weighted by Crippen LogP contribution is -2.48. The van der Waals surface area contributed by atoms with Gasteiger partial charge in [0.15, 0.2) is 0 Å². The topological polar surface area (TPSA) is 75.7 Å². The third-order valence-corrected chi connectivity index (χ3v) is 11.1. The van der Waals surface area contributed by atoms with Gasteiger partial charge in [0.2, 0.25) is 15.9 Å². The molecule has 7 heteroatoms. The standard InChI is InChI=1S/C29H36N2O4S/c1-35-26-8-10-27(11-9-26)36(33,34)31-12-2-3-23(19-31)28(32)30-25-6-4-24(5-7-25)29-16-20-13-21(17-29)15-22(14-20)18-29/h4-11,20-23H,2-3,12-19H2,1H3,(H,30,32). The van der Waals surface area contributed by atoms with Gasteiger partial charge < -0.3 is 10.1 Å². The largest absolute Gasteiger partial charge is 0.497 e. The van der Waals surface area contributed by atoms with E-state index in [1.807, 2.05) is 12.1 Å². The zero-order valence-electron chi connectivity index (χ0n) is 21.0. The SMILES string of the molecule is COc1ccc(S(=O)(=O)N2CCCC(C(=O)Nc3ccc(C45CC6CC(CC(C6)C4)C5)cc3)C2)cc1. The number of carbonyl (C=O) groups excluding carboxylic acids is 1. The highest BCUT2D eigenvalue weighted by atomic mass is 32.2. The Morgan fingerprint density at radius 2 is 1.56 bits per heavy atom. The van der Waals surface area contributed by atoms with Gasteiger partial charge in [-0.1, -0.05) is 12.1 Å². The number of carbonyl (C=O) groups is 1. The summed E-state index contributed by atoms with van der Waals surface area (Å²) in [5, 5.41) is 3.06. The number of anilines is 1. The van der Waals surface area contributed by atoms with E-state index >= 15 is 0 Å². The van der Waals surface area contributed by atoms with E-state index in [-0.39, 0.29) is 23.3 Å². The van der Waals surface area contributed by atoms with Crippen LogP contribution in [0.1, 0.15) is 56.9 Å². The molecule has 2 aromatic rings. The number of sulfonamides is 1. The highest BCUT2D eigenvalue weighted by Gasteiger charge is 2.51. The van der Waals surface area contributed by atoms with Crippen LogP contribution >= 0.6 is 0 Å². The van der Waals surface area contributed by atoms with Crippen LogP contribution < -0.4 is 10.1 Å². The normalized spacial score (nSPS) is 31.8. The molecule has 36 heavy (non-hydrogen) atoms. The van der Waals surface area contributed by atoms with Crippen molar-refractivity contribution >= 4 is 21.6 Å². The molecular formula is C29H36N2O4S. The van der Waals surface area contributed by atoms with Crippen molar-refractivity contribution in [1.29, 1.82) is 0 Å². The van der Waals surface area contributed by atoms with Crippen molar-refractivity contribution in [2.75, 3.05) is 25.5 Å². The summed E-state index contributed by atoms with van der Waals surface area (Å²) < 4.78 is 32.9. The fourth-order valence-electron chi connectivity index (χ4n) is 7.89. The average molecular weight is 509 g/mol. The maximum atomic E-state index is 13.2. The molecule has 0 spiro atoms. The minimum Gasteiger partial charge on any atom is -0.497 e. The summed E-state index contributed by atoms with van der Waals surface area (Å²) >= 11 is 0. The third kappa shape index (κ3) is 4.34. The number of hydrogen-bond acceptors (Lipinski definition) is 4. The van der Waals surface area contributed by atoms with Crippen molar-refractivity contribution in [3.63, 3.8) is 0 Å². The molecule has 5 fully saturated rings. The summed E-state index contributed by atoms with van der Waals surface area (Å²) in [6.45, 7) is 0.628. The fraction of sp³-hybridized carbons (Fsp3) is 0.552. The van der Waals surface area contributed by atoms with Gasteiger partial charge >= 0.3 is 0 Å². The first-order chi connectivity index (χ1) is 17.3. The van der Waals surface area contributed by atoms with Crippen LogP contribution in [0.4, 0.5) is 5.69 Å². The number of nitrogens with zero attached hydrogens (tertiary/aromatic N) is 1. The Bertz CT molecular complexity index is 1190. The number of hydrogen-bond donors (Lipinski definition) is 1. The first-order valence-corrected chi connectivity index (χ1v) is 14.8. The van der Waals surface area contributed by atoms with Crippen LogP contribution in [0.15, 0.2) is 53.4 Å². The van der Waals surface area contributed by atoms with Gasteiger partial charge in [0.25, 0.3) is 0 Å². The molecule has 7 rings (SSSR count). The monoisotopic (exact) mass is 508 g/mol. The molecule has 6 nitrogen and oxygen atoms in total.